The van der Waals surface area contributed by atoms with Crippen LogP contribution in [0.25, 0.3) is 11.3 Å². The fourth-order valence-corrected chi connectivity index (χ4v) is 4.81. The topological polar surface area (TPSA) is 48.1 Å². The molecule has 1 aromatic carbocycles. The van der Waals surface area contributed by atoms with E-state index < -0.39 is 0 Å². The van der Waals surface area contributed by atoms with Gasteiger partial charge in [0, 0.05) is 22.7 Å². The molecule has 0 spiro atoms. The van der Waals surface area contributed by atoms with Gasteiger partial charge in [0.05, 0.1) is 19.9 Å². The molecule has 0 aliphatic heterocycles. The van der Waals surface area contributed by atoms with Gasteiger partial charge in [-0.2, -0.15) is 5.10 Å². The van der Waals surface area contributed by atoms with E-state index >= 15 is 0 Å². The minimum atomic E-state index is 0.209. The lowest BCUT2D eigenvalue weighted by atomic mass is 9.85. The van der Waals surface area contributed by atoms with Crippen molar-refractivity contribution in [3.63, 3.8) is 0 Å². The van der Waals surface area contributed by atoms with Crippen molar-refractivity contribution in [3.8, 4) is 22.8 Å². The number of hydrogen-bond donors (Lipinski definition) is 0. The Labute approximate surface area is 178 Å². The Bertz CT molecular complexity index is 901. The monoisotopic (exact) mass is 415 g/mol. The third-order valence-electron chi connectivity index (χ3n) is 5.36. The van der Waals surface area contributed by atoms with Crippen LogP contribution in [0, 0.1) is 5.92 Å². The Morgan fingerprint density at radius 3 is 2.55 bits per heavy atom. The predicted octanol–water partition coefficient (Wildman–Crippen LogP) is 5.74. The second kappa shape index (κ2) is 10.1. The second-order valence-corrected chi connectivity index (χ2v) is 8.74. The zero-order valence-corrected chi connectivity index (χ0v) is 19.1. The number of ether oxygens (including phenoxy) is 2. The highest BCUT2D eigenvalue weighted by molar-refractivity contribution is 7.07. The lowest BCUT2D eigenvalue weighted by molar-refractivity contribution is 0.404. The SMILES string of the molecule is CCCC1CCC(=Nn2c(-c3cc(OC)ccc3OC)csc2=NC(C)C)CC1. The quantitative estimate of drug-likeness (QED) is 0.579. The molecule has 0 N–H and O–H groups in total. The Morgan fingerprint density at radius 1 is 1.17 bits per heavy atom. The summed E-state index contributed by atoms with van der Waals surface area (Å²) in [6, 6.07) is 6.08. The molecule has 0 unspecified atom stereocenters. The average molecular weight is 416 g/mol. The van der Waals surface area contributed by atoms with Crippen LogP contribution in [0.5, 0.6) is 11.5 Å². The smallest absolute Gasteiger partial charge is 0.206 e. The number of aromatic nitrogens is 1. The lowest BCUT2D eigenvalue weighted by Crippen LogP contribution is -2.20. The van der Waals surface area contributed by atoms with Gasteiger partial charge in [-0.15, -0.1) is 11.3 Å². The highest BCUT2D eigenvalue weighted by Gasteiger charge is 2.19. The van der Waals surface area contributed by atoms with Crippen LogP contribution in [0.15, 0.2) is 33.7 Å². The van der Waals surface area contributed by atoms with E-state index in [1.165, 1.54) is 31.4 Å². The maximum Gasteiger partial charge on any atom is 0.206 e. The van der Waals surface area contributed by atoms with Gasteiger partial charge in [0.25, 0.3) is 0 Å². The van der Waals surface area contributed by atoms with Gasteiger partial charge in [0.1, 0.15) is 11.5 Å². The van der Waals surface area contributed by atoms with Crippen molar-refractivity contribution in [2.24, 2.45) is 16.0 Å². The van der Waals surface area contributed by atoms with E-state index in [4.69, 9.17) is 19.6 Å². The number of benzene rings is 1. The van der Waals surface area contributed by atoms with E-state index in [-0.39, 0.29) is 6.04 Å². The Hall–Kier alpha value is -2.08. The van der Waals surface area contributed by atoms with E-state index in [1.54, 1.807) is 25.6 Å². The van der Waals surface area contributed by atoms with Crippen molar-refractivity contribution >= 4 is 17.0 Å². The first-order chi connectivity index (χ1) is 14.0. The fraction of sp³-hybridized carbons (Fsp3) is 0.565. The van der Waals surface area contributed by atoms with E-state index in [1.807, 2.05) is 22.9 Å². The molecule has 1 saturated carbocycles. The molecule has 0 radical (unpaired) electrons. The third-order valence-corrected chi connectivity index (χ3v) is 6.19. The van der Waals surface area contributed by atoms with E-state index in [2.05, 4.69) is 26.2 Å². The first-order valence-corrected chi connectivity index (χ1v) is 11.5. The highest BCUT2D eigenvalue weighted by atomic mass is 32.1. The predicted molar refractivity (Wildman–Crippen MR) is 121 cm³/mol. The molecule has 29 heavy (non-hydrogen) atoms. The lowest BCUT2D eigenvalue weighted by Gasteiger charge is -2.22. The minimum absolute atomic E-state index is 0.209. The van der Waals surface area contributed by atoms with Crippen LogP contribution in [-0.4, -0.2) is 30.6 Å². The first-order valence-electron chi connectivity index (χ1n) is 10.6. The van der Waals surface area contributed by atoms with Gasteiger partial charge in [-0.3, -0.25) is 4.99 Å². The molecule has 0 amide bonds. The summed E-state index contributed by atoms with van der Waals surface area (Å²) in [6.45, 7) is 6.47. The molecule has 0 atom stereocenters. The Morgan fingerprint density at radius 2 is 1.93 bits per heavy atom. The van der Waals surface area contributed by atoms with Crippen LogP contribution in [0.2, 0.25) is 0 Å². The van der Waals surface area contributed by atoms with Crippen LogP contribution < -0.4 is 14.3 Å². The highest BCUT2D eigenvalue weighted by Crippen LogP contribution is 2.34. The number of thiazole rings is 1. The molecule has 1 aliphatic carbocycles. The third kappa shape index (κ3) is 5.30. The maximum atomic E-state index is 5.63. The number of nitrogens with zero attached hydrogens (tertiary/aromatic N) is 3. The molecular weight excluding hydrogens is 382 g/mol. The molecule has 1 heterocycles. The molecule has 0 bridgehead atoms. The normalized spacial score (nSPS) is 17.7. The average Bonchev–Trinajstić information content (AvgIpc) is 3.10. The zero-order valence-electron chi connectivity index (χ0n) is 18.3. The van der Waals surface area contributed by atoms with Gasteiger partial charge in [-0.05, 0) is 63.6 Å². The van der Waals surface area contributed by atoms with Gasteiger partial charge in [0.2, 0.25) is 4.80 Å². The molecule has 5 nitrogen and oxygen atoms in total. The molecular formula is C23H33N3O2S. The fourth-order valence-electron chi connectivity index (χ4n) is 3.86. The summed E-state index contributed by atoms with van der Waals surface area (Å²) < 4.78 is 13.1. The second-order valence-electron chi connectivity index (χ2n) is 7.90. The summed E-state index contributed by atoms with van der Waals surface area (Å²) in [5, 5.41) is 7.20. The maximum absolute atomic E-state index is 5.63. The standard InChI is InChI=1S/C23H33N3O2S/c1-6-7-17-8-10-18(11-9-17)25-26-21(15-29-23(26)24-16(2)3)20-14-19(27-4)12-13-22(20)28-5/h12-17H,6-11H2,1-5H3. The van der Waals surface area contributed by atoms with Gasteiger partial charge >= 0.3 is 0 Å². The molecule has 6 heteroatoms. The number of rotatable bonds is 7. The molecule has 158 valence electrons. The van der Waals surface area contributed by atoms with Crippen LogP contribution in [-0.2, 0) is 0 Å². The first kappa shape index (κ1) is 21.6. The summed E-state index contributed by atoms with van der Waals surface area (Å²) >= 11 is 1.62. The molecule has 2 aromatic rings. The van der Waals surface area contributed by atoms with Gasteiger partial charge in [0.15, 0.2) is 0 Å². The molecule has 1 aliphatic rings. The van der Waals surface area contributed by atoms with Crippen LogP contribution in [0.3, 0.4) is 0 Å². The van der Waals surface area contributed by atoms with Crippen molar-refractivity contribution in [1.82, 2.24) is 4.68 Å². The van der Waals surface area contributed by atoms with Crippen LogP contribution >= 0.6 is 11.3 Å². The molecule has 1 aromatic heterocycles. The molecule has 1 fully saturated rings. The van der Waals surface area contributed by atoms with Crippen molar-refractivity contribution in [2.45, 2.75) is 65.3 Å². The Balaban J connectivity index is 2.05. The molecule has 3 rings (SSSR count). The van der Waals surface area contributed by atoms with Crippen molar-refractivity contribution < 1.29 is 9.47 Å². The summed E-state index contributed by atoms with van der Waals surface area (Å²) in [6.07, 6.45) is 7.23. The van der Waals surface area contributed by atoms with Gasteiger partial charge < -0.3 is 9.47 Å². The summed E-state index contributed by atoms with van der Waals surface area (Å²) in [7, 11) is 3.38. The van der Waals surface area contributed by atoms with Crippen LogP contribution in [0.4, 0.5) is 0 Å². The van der Waals surface area contributed by atoms with Crippen LogP contribution in [0.1, 0.15) is 59.3 Å². The van der Waals surface area contributed by atoms with Crippen molar-refractivity contribution in [2.75, 3.05) is 14.2 Å². The summed E-state index contributed by atoms with van der Waals surface area (Å²) in [4.78, 5) is 5.74. The zero-order chi connectivity index (χ0) is 20.8. The van der Waals surface area contributed by atoms with Crippen molar-refractivity contribution in [3.05, 3.63) is 28.4 Å². The van der Waals surface area contributed by atoms with Crippen molar-refractivity contribution in [1.29, 1.82) is 0 Å². The van der Waals surface area contributed by atoms with E-state index in [0.29, 0.717) is 0 Å². The molecule has 0 saturated heterocycles. The largest absolute Gasteiger partial charge is 0.497 e. The number of hydrogen-bond acceptors (Lipinski definition) is 5. The van der Waals surface area contributed by atoms with E-state index in [9.17, 15) is 0 Å². The van der Waals surface area contributed by atoms with Gasteiger partial charge in [-0.25, -0.2) is 4.68 Å². The summed E-state index contributed by atoms with van der Waals surface area (Å²) in [5.41, 5.74) is 3.23. The minimum Gasteiger partial charge on any atom is -0.497 e. The summed E-state index contributed by atoms with van der Waals surface area (Å²) in [5.74, 6) is 2.46. The van der Waals surface area contributed by atoms with E-state index in [0.717, 1.165) is 46.3 Å². The Kier molecular flexibility index (Phi) is 7.53. The number of methoxy groups -OCH3 is 2. The van der Waals surface area contributed by atoms with Gasteiger partial charge in [-0.1, -0.05) is 19.8 Å².